The lowest BCUT2D eigenvalue weighted by molar-refractivity contribution is 0.332. The summed E-state index contributed by atoms with van der Waals surface area (Å²) >= 11 is 0. The van der Waals surface area contributed by atoms with Crippen molar-refractivity contribution in [1.29, 1.82) is 0 Å². The van der Waals surface area contributed by atoms with E-state index in [-0.39, 0.29) is 44.6 Å². The van der Waals surface area contributed by atoms with Crippen molar-refractivity contribution in [1.82, 2.24) is 0 Å². The Morgan fingerprint density at radius 3 is 1.51 bits per heavy atom. The molecule has 0 aromatic heterocycles. The van der Waals surface area contributed by atoms with E-state index in [0.29, 0.717) is 0 Å². The zero-order chi connectivity index (χ0) is 48.3. The molecule has 10 rings (SSSR count). The molecule has 3 heteroatoms. The second-order valence-corrected chi connectivity index (χ2v) is 27.1. The first-order chi connectivity index (χ1) is 31.0. The molecule has 0 saturated carbocycles. The minimum Gasteiger partial charge on any atom is -0.311 e. The van der Waals surface area contributed by atoms with Crippen LogP contribution in [-0.2, 0) is 37.9 Å². The summed E-state index contributed by atoms with van der Waals surface area (Å²) in [5.74, 6) is 0. The first-order valence-corrected chi connectivity index (χ1v) is 25.5. The van der Waals surface area contributed by atoms with Gasteiger partial charge < -0.3 is 9.80 Å². The smallest absolute Gasteiger partial charge is 0.252 e. The number of benzene rings is 6. The Morgan fingerprint density at radius 2 is 0.910 bits per heavy atom. The van der Waals surface area contributed by atoms with E-state index in [4.69, 9.17) is 0 Å². The van der Waals surface area contributed by atoms with Crippen LogP contribution in [-0.4, -0.2) is 6.71 Å². The molecule has 0 atom stereocenters. The molecular weight excluding hydrogens is 808 g/mol. The van der Waals surface area contributed by atoms with E-state index < -0.39 is 0 Å². The fraction of sp³-hybridized carbons (Fsp3) is 0.438. The molecule has 0 unspecified atom stereocenters. The van der Waals surface area contributed by atoms with E-state index in [0.717, 1.165) is 6.42 Å². The third-order valence-electron chi connectivity index (χ3n) is 16.8. The summed E-state index contributed by atoms with van der Waals surface area (Å²) in [6, 6.07) is 42.1. The predicted octanol–water partition coefficient (Wildman–Crippen LogP) is 15.9. The molecule has 0 spiro atoms. The first kappa shape index (κ1) is 45.8. The molecule has 4 aliphatic rings. The van der Waals surface area contributed by atoms with Crippen molar-refractivity contribution in [3.05, 3.63) is 148 Å². The van der Waals surface area contributed by atoms with Gasteiger partial charge in [0.15, 0.2) is 0 Å². The van der Waals surface area contributed by atoms with Gasteiger partial charge in [0, 0.05) is 34.0 Å². The van der Waals surface area contributed by atoms with Gasteiger partial charge in [-0.1, -0.05) is 172 Å². The van der Waals surface area contributed by atoms with Crippen LogP contribution in [0.25, 0.3) is 11.1 Å². The van der Waals surface area contributed by atoms with E-state index in [1.807, 2.05) is 0 Å². The maximum Gasteiger partial charge on any atom is 0.252 e. The third kappa shape index (κ3) is 7.26. The van der Waals surface area contributed by atoms with Crippen LogP contribution in [0, 0.1) is 6.92 Å². The second-order valence-electron chi connectivity index (χ2n) is 27.1. The second kappa shape index (κ2) is 14.5. The molecule has 67 heavy (non-hydrogen) atoms. The SMILES string of the molecule is Cc1cc2c3c(c1)N(c1ccc(C(C)(C)C)cc1-c1ccc4c(c1)C(C)(C)CCC4(C)C)c1cc4c(cc1B3c1cc(C(C)(C)C)ccc1N2c1ccc(C(C)(C)C)cc1)C(C)(C)CC4(C)C. The lowest BCUT2D eigenvalue weighted by atomic mass is 9.33. The maximum atomic E-state index is 2.72. The molecule has 0 saturated heterocycles. The van der Waals surface area contributed by atoms with E-state index in [1.54, 1.807) is 0 Å². The van der Waals surface area contributed by atoms with Crippen LogP contribution >= 0.6 is 0 Å². The number of hydrogen-bond donors (Lipinski definition) is 0. The highest BCUT2D eigenvalue weighted by atomic mass is 15.2. The highest BCUT2D eigenvalue weighted by molar-refractivity contribution is 7.00. The zero-order valence-corrected chi connectivity index (χ0v) is 44.4. The predicted molar refractivity (Wildman–Crippen MR) is 293 cm³/mol. The molecule has 0 fully saturated rings. The normalized spacial score (nSPS) is 18.5. The molecule has 0 amide bonds. The fourth-order valence-corrected chi connectivity index (χ4v) is 12.9. The standard InChI is InChI=1S/C64H77BN2/c1-39-31-55-57-56(32-39)67(52-27-22-42(59(5,6)7)34-45(52)40-19-26-46-47(33-40)62(13,14)30-29-61(46,11)12)54-37-49-48(63(15,16)38-64(49,17)18)36-51(54)65(57)50-35-43(60(8,9)10)23-28-53(50)66(55)44-24-20-41(21-25-44)58(2,3)4/h19-28,31-37H,29-30,38H2,1-18H3. The molecule has 2 aliphatic carbocycles. The number of fused-ring (bicyclic) bond motifs is 6. The van der Waals surface area contributed by atoms with Gasteiger partial charge in [-0.15, -0.1) is 0 Å². The number of anilines is 6. The van der Waals surface area contributed by atoms with Crippen LogP contribution in [0.4, 0.5) is 34.1 Å². The Morgan fingerprint density at radius 1 is 0.418 bits per heavy atom. The Hall–Kier alpha value is -5.02. The number of nitrogens with zero attached hydrogens (tertiary/aromatic N) is 2. The van der Waals surface area contributed by atoms with Crippen molar-refractivity contribution < 1.29 is 0 Å². The van der Waals surface area contributed by atoms with E-state index in [1.165, 1.54) is 119 Å². The molecule has 2 nitrogen and oxygen atoms in total. The van der Waals surface area contributed by atoms with Crippen LogP contribution in [0.2, 0.25) is 0 Å². The van der Waals surface area contributed by atoms with Gasteiger partial charge >= 0.3 is 0 Å². The summed E-state index contributed by atoms with van der Waals surface area (Å²) in [6.07, 6.45) is 3.51. The van der Waals surface area contributed by atoms with Crippen molar-refractivity contribution in [2.24, 2.45) is 0 Å². The van der Waals surface area contributed by atoms with Crippen LogP contribution < -0.4 is 26.2 Å². The molecule has 2 heterocycles. The van der Waals surface area contributed by atoms with Gasteiger partial charge in [-0.05, 0) is 179 Å². The lowest BCUT2D eigenvalue weighted by Gasteiger charge is -2.46. The quantitative estimate of drug-likeness (QED) is 0.163. The lowest BCUT2D eigenvalue weighted by Crippen LogP contribution is -2.61. The minimum absolute atomic E-state index is 0.0135. The van der Waals surface area contributed by atoms with Gasteiger partial charge in [0.05, 0.1) is 5.69 Å². The van der Waals surface area contributed by atoms with E-state index >= 15 is 0 Å². The van der Waals surface area contributed by atoms with Crippen molar-refractivity contribution in [2.75, 3.05) is 9.80 Å². The summed E-state index contributed by atoms with van der Waals surface area (Å²) < 4.78 is 0. The highest BCUT2D eigenvalue weighted by Gasteiger charge is 2.49. The zero-order valence-electron chi connectivity index (χ0n) is 44.4. The number of aryl methyl sites for hydroxylation is 1. The van der Waals surface area contributed by atoms with Crippen LogP contribution in [0.5, 0.6) is 0 Å². The Bertz CT molecular complexity index is 3010. The van der Waals surface area contributed by atoms with Crippen molar-refractivity contribution in [2.45, 2.75) is 182 Å². The molecule has 2 aliphatic heterocycles. The number of hydrogen-bond acceptors (Lipinski definition) is 2. The van der Waals surface area contributed by atoms with Gasteiger partial charge in [-0.2, -0.15) is 0 Å². The average molecular weight is 885 g/mol. The molecule has 346 valence electrons. The van der Waals surface area contributed by atoms with Gasteiger partial charge in [0.25, 0.3) is 6.71 Å². The molecular formula is C64H77BN2. The summed E-state index contributed by atoms with van der Waals surface area (Å²) in [4.78, 5) is 5.31. The van der Waals surface area contributed by atoms with Crippen LogP contribution in [0.1, 0.15) is 181 Å². The van der Waals surface area contributed by atoms with Gasteiger partial charge in [0.2, 0.25) is 0 Å². The summed E-state index contributed by atoms with van der Waals surface area (Å²) in [5, 5.41) is 0. The minimum atomic E-state index is -0.0237. The van der Waals surface area contributed by atoms with Gasteiger partial charge in [-0.25, -0.2) is 0 Å². The summed E-state index contributed by atoms with van der Waals surface area (Å²) in [7, 11) is 0. The fourth-order valence-electron chi connectivity index (χ4n) is 12.9. The molecule has 0 N–H and O–H groups in total. The van der Waals surface area contributed by atoms with Crippen molar-refractivity contribution in [3.63, 3.8) is 0 Å². The Kier molecular flexibility index (Phi) is 9.91. The Balaban J connectivity index is 1.32. The molecule has 6 aromatic rings. The van der Waals surface area contributed by atoms with Crippen molar-refractivity contribution in [3.8, 4) is 11.1 Å². The average Bonchev–Trinajstić information content (AvgIpc) is 3.41. The van der Waals surface area contributed by atoms with Gasteiger partial charge in [0.1, 0.15) is 0 Å². The largest absolute Gasteiger partial charge is 0.311 e. The molecule has 6 aromatic carbocycles. The van der Waals surface area contributed by atoms with Crippen LogP contribution in [0.15, 0.2) is 103 Å². The third-order valence-corrected chi connectivity index (χ3v) is 16.8. The van der Waals surface area contributed by atoms with Gasteiger partial charge in [-0.3, -0.25) is 0 Å². The summed E-state index contributed by atoms with van der Waals surface area (Å²) in [6.45, 7) is 43.2. The highest BCUT2D eigenvalue weighted by Crippen LogP contribution is 2.55. The molecule has 0 radical (unpaired) electrons. The molecule has 0 bridgehead atoms. The van der Waals surface area contributed by atoms with Crippen molar-refractivity contribution >= 4 is 57.2 Å². The monoisotopic (exact) mass is 885 g/mol. The maximum absolute atomic E-state index is 2.72. The Labute approximate surface area is 405 Å². The van der Waals surface area contributed by atoms with E-state index in [2.05, 4.69) is 238 Å². The number of rotatable bonds is 3. The topological polar surface area (TPSA) is 6.48 Å². The van der Waals surface area contributed by atoms with E-state index in [9.17, 15) is 0 Å². The summed E-state index contributed by atoms with van der Waals surface area (Å²) in [5.41, 5.74) is 26.1. The first-order valence-electron chi connectivity index (χ1n) is 25.5. The van der Waals surface area contributed by atoms with Crippen LogP contribution in [0.3, 0.4) is 0 Å².